The second kappa shape index (κ2) is 9.27. The number of piperidine rings is 1. The van der Waals surface area contributed by atoms with E-state index in [0.29, 0.717) is 29.7 Å². The molecule has 1 saturated heterocycles. The van der Waals surface area contributed by atoms with Gasteiger partial charge in [-0.1, -0.05) is 12.1 Å². The van der Waals surface area contributed by atoms with Gasteiger partial charge in [0.1, 0.15) is 12.4 Å². The first-order valence-corrected chi connectivity index (χ1v) is 10.9. The molecule has 1 fully saturated rings. The average molecular weight is 432 g/mol. The Bertz CT molecular complexity index is 1010. The van der Waals surface area contributed by atoms with Crippen LogP contribution in [0.15, 0.2) is 53.4 Å². The molecule has 1 aliphatic rings. The molecule has 30 heavy (non-hydrogen) atoms. The van der Waals surface area contributed by atoms with Gasteiger partial charge < -0.3 is 15.2 Å². The highest BCUT2D eigenvalue weighted by Gasteiger charge is 2.32. The number of carbonyl (C=O) groups excluding carboxylic acids is 2. The molecule has 3 rings (SSSR count). The summed E-state index contributed by atoms with van der Waals surface area (Å²) in [6.45, 7) is 0.515. The van der Waals surface area contributed by atoms with E-state index >= 15 is 0 Å². The van der Waals surface area contributed by atoms with Gasteiger partial charge in [0.25, 0.3) is 0 Å². The number of benzene rings is 2. The topological polar surface area (TPSA) is 116 Å². The first-order chi connectivity index (χ1) is 14.3. The van der Waals surface area contributed by atoms with Gasteiger partial charge in [0, 0.05) is 18.7 Å². The number of ether oxygens (including phenoxy) is 2. The monoisotopic (exact) mass is 432 g/mol. The third-order valence-electron chi connectivity index (χ3n) is 5.08. The summed E-state index contributed by atoms with van der Waals surface area (Å²) >= 11 is 0. The minimum atomic E-state index is -3.62. The molecule has 160 valence electrons. The molecule has 0 aliphatic carbocycles. The zero-order valence-corrected chi connectivity index (χ0v) is 17.4. The molecular weight excluding hydrogens is 408 g/mol. The van der Waals surface area contributed by atoms with Crippen molar-refractivity contribution in [1.29, 1.82) is 0 Å². The first kappa shape index (κ1) is 21.8. The fourth-order valence-corrected chi connectivity index (χ4v) is 4.79. The summed E-state index contributed by atoms with van der Waals surface area (Å²) in [6, 6.07) is 12.8. The van der Waals surface area contributed by atoms with Crippen LogP contribution in [-0.2, 0) is 26.2 Å². The van der Waals surface area contributed by atoms with E-state index in [1.807, 2.05) is 0 Å². The van der Waals surface area contributed by atoms with Crippen LogP contribution >= 0.6 is 0 Å². The standard InChI is InChI=1S/C21H24N2O6S/c1-28-18-5-7-19(8-6-18)30(26,27)23-11-9-16(10-12-23)21(25)29-14-15-3-2-4-17(13-15)20(22)24/h2-8,13,16H,9-12,14H2,1H3,(H2,22,24). The van der Waals surface area contributed by atoms with E-state index < -0.39 is 15.9 Å². The molecule has 2 aromatic rings. The normalized spacial score (nSPS) is 15.5. The smallest absolute Gasteiger partial charge is 0.309 e. The second-order valence-corrected chi connectivity index (χ2v) is 8.96. The fraction of sp³-hybridized carbons (Fsp3) is 0.333. The summed E-state index contributed by atoms with van der Waals surface area (Å²) in [5.74, 6) is -0.710. The molecule has 0 saturated carbocycles. The summed E-state index contributed by atoms with van der Waals surface area (Å²) in [4.78, 5) is 23.8. The van der Waals surface area contributed by atoms with Crippen molar-refractivity contribution in [2.75, 3.05) is 20.2 Å². The number of hydrogen-bond acceptors (Lipinski definition) is 6. The maximum atomic E-state index is 12.8. The van der Waals surface area contributed by atoms with Crippen LogP contribution in [0.25, 0.3) is 0 Å². The van der Waals surface area contributed by atoms with Gasteiger partial charge in [0.15, 0.2) is 0 Å². The summed E-state index contributed by atoms with van der Waals surface area (Å²) in [7, 11) is -2.11. The third-order valence-corrected chi connectivity index (χ3v) is 6.99. The molecule has 0 bridgehead atoms. The van der Waals surface area contributed by atoms with Gasteiger partial charge in [-0.15, -0.1) is 0 Å². The molecule has 0 spiro atoms. The number of hydrogen-bond donors (Lipinski definition) is 1. The molecule has 0 radical (unpaired) electrons. The molecule has 2 aromatic carbocycles. The molecule has 0 atom stereocenters. The fourth-order valence-electron chi connectivity index (χ4n) is 3.32. The molecule has 8 nitrogen and oxygen atoms in total. The third kappa shape index (κ3) is 4.98. The predicted octanol–water partition coefficient (Wildman–Crippen LogP) is 1.94. The molecule has 0 aromatic heterocycles. The number of nitrogens with two attached hydrogens (primary N) is 1. The Morgan fingerprint density at radius 3 is 2.37 bits per heavy atom. The van der Waals surface area contributed by atoms with Crippen molar-refractivity contribution < 1.29 is 27.5 Å². The Kier molecular flexibility index (Phi) is 6.73. The van der Waals surface area contributed by atoms with Gasteiger partial charge >= 0.3 is 5.97 Å². The van der Waals surface area contributed by atoms with Crippen LogP contribution in [0, 0.1) is 5.92 Å². The highest BCUT2D eigenvalue weighted by Crippen LogP contribution is 2.26. The van der Waals surface area contributed by atoms with Crippen LogP contribution in [0.3, 0.4) is 0 Å². The average Bonchev–Trinajstić information content (AvgIpc) is 2.77. The highest BCUT2D eigenvalue weighted by molar-refractivity contribution is 7.89. The van der Waals surface area contributed by atoms with Crippen molar-refractivity contribution >= 4 is 21.9 Å². The number of methoxy groups -OCH3 is 1. The molecular formula is C21H24N2O6S. The number of nitrogens with zero attached hydrogens (tertiary/aromatic N) is 1. The minimum absolute atomic E-state index is 0.0321. The second-order valence-electron chi connectivity index (χ2n) is 7.03. The number of primary amides is 1. The van der Waals surface area contributed by atoms with Gasteiger partial charge in [-0.25, -0.2) is 8.42 Å². The van der Waals surface area contributed by atoms with E-state index in [0.717, 1.165) is 0 Å². The lowest BCUT2D eigenvalue weighted by Crippen LogP contribution is -2.40. The van der Waals surface area contributed by atoms with E-state index in [1.165, 1.54) is 23.5 Å². The van der Waals surface area contributed by atoms with E-state index in [4.69, 9.17) is 15.2 Å². The zero-order chi connectivity index (χ0) is 21.7. The lowest BCUT2D eigenvalue weighted by atomic mass is 9.98. The van der Waals surface area contributed by atoms with E-state index in [-0.39, 0.29) is 36.5 Å². The van der Waals surface area contributed by atoms with Crippen LogP contribution in [0.1, 0.15) is 28.8 Å². The van der Waals surface area contributed by atoms with Crippen LogP contribution < -0.4 is 10.5 Å². The maximum absolute atomic E-state index is 12.8. The Morgan fingerprint density at radius 2 is 1.77 bits per heavy atom. The van der Waals surface area contributed by atoms with Gasteiger partial charge in [0.2, 0.25) is 15.9 Å². The summed E-state index contributed by atoms with van der Waals surface area (Å²) in [6.07, 6.45) is 0.769. The van der Waals surface area contributed by atoms with Crippen molar-refractivity contribution in [3.05, 3.63) is 59.7 Å². The van der Waals surface area contributed by atoms with Crippen LogP contribution in [0.5, 0.6) is 5.75 Å². The molecule has 2 N–H and O–H groups in total. The quantitative estimate of drug-likeness (QED) is 0.669. The van der Waals surface area contributed by atoms with E-state index in [1.54, 1.807) is 36.4 Å². The lowest BCUT2D eigenvalue weighted by Gasteiger charge is -2.30. The van der Waals surface area contributed by atoms with Gasteiger partial charge in [-0.2, -0.15) is 4.31 Å². The molecule has 9 heteroatoms. The zero-order valence-electron chi connectivity index (χ0n) is 16.6. The van der Waals surface area contributed by atoms with E-state index in [9.17, 15) is 18.0 Å². The maximum Gasteiger partial charge on any atom is 0.309 e. The van der Waals surface area contributed by atoms with Crippen LogP contribution in [0.4, 0.5) is 0 Å². The summed E-state index contributed by atoms with van der Waals surface area (Å²) < 4.78 is 37.4. The van der Waals surface area contributed by atoms with Crippen LogP contribution in [0.2, 0.25) is 0 Å². The number of rotatable bonds is 7. The SMILES string of the molecule is COc1ccc(S(=O)(=O)N2CCC(C(=O)OCc3cccc(C(N)=O)c3)CC2)cc1. The van der Waals surface area contributed by atoms with Crippen LogP contribution in [-0.4, -0.2) is 44.8 Å². The predicted molar refractivity (Wildman–Crippen MR) is 109 cm³/mol. The van der Waals surface area contributed by atoms with Crippen molar-refractivity contribution in [3.8, 4) is 5.75 Å². The molecule has 1 heterocycles. The number of sulfonamides is 1. The number of carbonyl (C=O) groups is 2. The summed E-state index contributed by atoms with van der Waals surface area (Å²) in [5, 5.41) is 0. The van der Waals surface area contributed by atoms with E-state index in [2.05, 4.69) is 0 Å². The van der Waals surface area contributed by atoms with Crippen molar-refractivity contribution in [2.24, 2.45) is 11.7 Å². The van der Waals surface area contributed by atoms with Crippen molar-refractivity contribution in [1.82, 2.24) is 4.31 Å². The molecule has 0 unspecified atom stereocenters. The largest absolute Gasteiger partial charge is 0.497 e. The van der Waals surface area contributed by atoms with Crippen molar-refractivity contribution in [3.63, 3.8) is 0 Å². The Balaban J connectivity index is 1.54. The first-order valence-electron chi connectivity index (χ1n) is 9.51. The van der Waals surface area contributed by atoms with Gasteiger partial charge in [-0.3, -0.25) is 9.59 Å². The van der Waals surface area contributed by atoms with Gasteiger partial charge in [0.05, 0.1) is 17.9 Å². The summed E-state index contributed by atoms with van der Waals surface area (Å²) in [5.41, 5.74) is 6.27. The Hall–Kier alpha value is -2.91. The highest BCUT2D eigenvalue weighted by atomic mass is 32.2. The minimum Gasteiger partial charge on any atom is -0.497 e. The van der Waals surface area contributed by atoms with Crippen molar-refractivity contribution in [2.45, 2.75) is 24.3 Å². The lowest BCUT2D eigenvalue weighted by molar-refractivity contribution is -0.151. The number of amides is 1. The Labute approximate surface area is 175 Å². The molecule has 1 amide bonds. The number of esters is 1. The van der Waals surface area contributed by atoms with Gasteiger partial charge in [-0.05, 0) is 54.8 Å². The Morgan fingerprint density at radius 1 is 1.10 bits per heavy atom. The molecule has 1 aliphatic heterocycles.